The maximum absolute atomic E-state index is 12.1. The summed E-state index contributed by atoms with van der Waals surface area (Å²) in [7, 11) is 0. The van der Waals surface area contributed by atoms with Gasteiger partial charge in [0.25, 0.3) is 0 Å². The first-order valence-electron chi connectivity index (χ1n) is 7.45. The molecule has 0 spiro atoms. The van der Waals surface area contributed by atoms with Crippen LogP contribution in [0.15, 0.2) is 0 Å². The zero-order valence-electron chi connectivity index (χ0n) is 12.9. The third kappa shape index (κ3) is 3.53. The molecule has 118 valence electrons. The van der Waals surface area contributed by atoms with Gasteiger partial charge in [-0.15, -0.1) is 0 Å². The number of carbonyl (C=O) groups excluding carboxylic acids is 3. The van der Waals surface area contributed by atoms with Gasteiger partial charge in [0.1, 0.15) is 6.54 Å². The molecule has 21 heavy (non-hydrogen) atoms. The van der Waals surface area contributed by atoms with Crippen molar-refractivity contribution < 1.29 is 14.4 Å². The molecule has 0 saturated carbocycles. The molecule has 2 fully saturated rings. The van der Waals surface area contributed by atoms with Gasteiger partial charge in [0, 0.05) is 31.7 Å². The highest BCUT2D eigenvalue weighted by Gasteiger charge is 2.40. The Kier molecular flexibility index (Phi) is 4.51. The molecular formula is C14H24N4O3. The molecule has 1 unspecified atom stereocenters. The normalized spacial score (nSPS) is 23.1. The van der Waals surface area contributed by atoms with Crippen molar-refractivity contribution in [3.8, 4) is 0 Å². The highest BCUT2D eigenvalue weighted by Crippen LogP contribution is 2.14. The van der Waals surface area contributed by atoms with Crippen LogP contribution in [-0.4, -0.2) is 71.8 Å². The number of nitrogens with zero attached hydrogens (tertiary/aromatic N) is 2. The summed E-state index contributed by atoms with van der Waals surface area (Å²) in [4.78, 5) is 39.2. The summed E-state index contributed by atoms with van der Waals surface area (Å²) in [5.74, 6) is -1.28. The van der Waals surface area contributed by atoms with Gasteiger partial charge in [0.05, 0.1) is 6.04 Å². The maximum atomic E-state index is 12.1. The second-order valence-corrected chi connectivity index (χ2v) is 6.33. The Labute approximate surface area is 125 Å². The van der Waals surface area contributed by atoms with Crippen molar-refractivity contribution in [3.63, 3.8) is 0 Å². The van der Waals surface area contributed by atoms with Crippen molar-refractivity contribution in [3.05, 3.63) is 0 Å². The van der Waals surface area contributed by atoms with Gasteiger partial charge in [-0.3, -0.25) is 14.4 Å². The molecule has 0 aliphatic carbocycles. The minimum Gasteiger partial charge on any atom is -0.350 e. The molecule has 0 radical (unpaired) electrons. The fraction of sp³-hybridized carbons (Fsp3) is 0.786. The monoisotopic (exact) mass is 296 g/mol. The lowest BCUT2D eigenvalue weighted by Crippen LogP contribution is -2.66. The largest absolute Gasteiger partial charge is 0.350 e. The van der Waals surface area contributed by atoms with Gasteiger partial charge in [0.15, 0.2) is 0 Å². The van der Waals surface area contributed by atoms with Gasteiger partial charge in [-0.2, -0.15) is 0 Å². The molecule has 2 saturated heterocycles. The fourth-order valence-corrected chi connectivity index (χ4v) is 2.60. The summed E-state index contributed by atoms with van der Waals surface area (Å²) in [6.07, 6.45) is 0.798. The van der Waals surface area contributed by atoms with E-state index < -0.39 is 11.8 Å². The van der Waals surface area contributed by atoms with Gasteiger partial charge < -0.3 is 20.4 Å². The highest BCUT2D eigenvalue weighted by molar-refractivity contribution is 6.35. The van der Waals surface area contributed by atoms with Crippen LogP contribution in [0.5, 0.6) is 0 Å². The number of rotatable bonds is 4. The van der Waals surface area contributed by atoms with Crippen LogP contribution in [0.4, 0.5) is 0 Å². The summed E-state index contributed by atoms with van der Waals surface area (Å²) in [5, 5.41) is 6.10. The third-order valence-electron chi connectivity index (χ3n) is 4.21. The van der Waals surface area contributed by atoms with Crippen molar-refractivity contribution in [2.75, 3.05) is 32.7 Å². The molecule has 1 atom stereocenters. The van der Waals surface area contributed by atoms with Crippen molar-refractivity contribution >= 4 is 17.7 Å². The first-order chi connectivity index (χ1) is 9.84. The summed E-state index contributed by atoms with van der Waals surface area (Å²) < 4.78 is 0. The molecule has 7 nitrogen and oxygen atoms in total. The van der Waals surface area contributed by atoms with Crippen LogP contribution in [0.3, 0.4) is 0 Å². The molecule has 0 aromatic heterocycles. The van der Waals surface area contributed by atoms with E-state index in [9.17, 15) is 14.4 Å². The molecule has 2 aliphatic rings. The molecule has 0 aromatic carbocycles. The number of carbonyl (C=O) groups is 3. The first-order valence-corrected chi connectivity index (χ1v) is 7.45. The zero-order valence-corrected chi connectivity index (χ0v) is 12.9. The number of hydrogen-bond acceptors (Lipinski definition) is 4. The smallest absolute Gasteiger partial charge is 0.312 e. The summed E-state index contributed by atoms with van der Waals surface area (Å²) in [6.45, 7) is 8.13. The van der Waals surface area contributed by atoms with Gasteiger partial charge >= 0.3 is 11.8 Å². The Morgan fingerprint density at radius 3 is 2.76 bits per heavy atom. The third-order valence-corrected chi connectivity index (χ3v) is 4.21. The lowest BCUT2D eigenvalue weighted by Gasteiger charge is -2.43. The predicted octanol–water partition coefficient (Wildman–Crippen LogP) is -1.07. The van der Waals surface area contributed by atoms with E-state index in [2.05, 4.69) is 10.6 Å². The average Bonchev–Trinajstić information content (AvgIpc) is 2.44. The van der Waals surface area contributed by atoms with E-state index >= 15 is 0 Å². The minimum absolute atomic E-state index is 0.0315. The zero-order chi connectivity index (χ0) is 15.6. The maximum Gasteiger partial charge on any atom is 0.312 e. The lowest BCUT2D eigenvalue weighted by molar-refractivity contribution is -0.160. The van der Waals surface area contributed by atoms with E-state index in [4.69, 9.17) is 0 Å². The Hall–Kier alpha value is -1.63. The highest BCUT2D eigenvalue weighted by atomic mass is 16.2. The van der Waals surface area contributed by atoms with E-state index in [0.29, 0.717) is 26.2 Å². The van der Waals surface area contributed by atoms with E-state index in [1.165, 1.54) is 4.90 Å². The summed E-state index contributed by atoms with van der Waals surface area (Å²) in [5.41, 5.74) is -0.307. The van der Waals surface area contributed by atoms with Crippen molar-refractivity contribution in [2.24, 2.45) is 0 Å². The molecule has 2 N–H and O–H groups in total. The van der Waals surface area contributed by atoms with Crippen LogP contribution in [-0.2, 0) is 14.4 Å². The van der Waals surface area contributed by atoms with Crippen molar-refractivity contribution in [2.45, 2.75) is 38.8 Å². The molecular weight excluding hydrogens is 272 g/mol. The minimum atomic E-state index is -0.572. The molecule has 2 heterocycles. The van der Waals surface area contributed by atoms with Crippen LogP contribution in [0.25, 0.3) is 0 Å². The second kappa shape index (κ2) is 6.01. The van der Waals surface area contributed by atoms with Gasteiger partial charge in [-0.1, -0.05) is 6.92 Å². The standard InChI is InChI=1S/C14H24N4O3/c1-4-14(2,3)16-11(19)9-17-8-10-7-15-5-6-18(10)13(21)12(17)20/h10,15H,4-9H2,1-3H3,(H,16,19). The van der Waals surface area contributed by atoms with E-state index in [0.717, 1.165) is 6.42 Å². The van der Waals surface area contributed by atoms with Gasteiger partial charge in [-0.05, 0) is 20.3 Å². The van der Waals surface area contributed by atoms with Crippen molar-refractivity contribution in [1.82, 2.24) is 20.4 Å². The molecule has 2 rings (SSSR count). The number of amides is 3. The Bertz CT molecular complexity index is 450. The van der Waals surface area contributed by atoms with E-state index in [-0.39, 0.29) is 24.0 Å². The van der Waals surface area contributed by atoms with Crippen LogP contribution in [0, 0.1) is 0 Å². The van der Waals surface area contributed by atoms with E-state index in [1.54, 1.807) is 4.90 Å². The Morgan fingerprint density at radius 2 is 2.10 bits per heavy atom. The van der Waals surface area contributed by atoms with Gasteiger partial charge in [-0.25, -0.2) is 0 Å². The average molecular weight is 296 g/mol. The molecule has 0 aromatic rings. The van der Waals surface area contributed by atoms with Gasteiger partial charge in [0.2, 0.25) is 5.91 Å². The van der Waals surface area contributed by atoms with Crippen molar-refractivity contribution in [1.29, 1.82) is 0 Å². The lowest BCUT2D eigenvalue weighted by atomic mass is 10.0. The quantitative estimate of drug-likeness (QED) is 0.648. The molecule has 7 heteroatoms. The molecule has 2 aliphatic heterocycles. The number of hydrogen-bond donors (Lipinski definition) is 2. The van der Waals surface area contributed by atoms with Crippen LogP contribution in [0.1, 0.15) is 27.2 Å². The Morgan fingerprint density at radius 1 is 1.38 bits per heavy atom. The topological polar surface area (TPSA) is 81.8 Å². The summed E-state index contributed by atoms with van der Waals surface area (Å²) in [6, 6.07) is -0.0315. The number of nitrogens with one attached hydrogen (secondary N) is 2. The fourth-order valence-electron chi connectivity index (χ4n) is 2.60. The van der Waals surface area contributed by atoms with Crippen LogP contribution >= 0.6 is 0 Å². The first kappa shape index (κ1) is 15.8. The van der Waals surface area contributed by atoms with Crippen LogP contribution in [0.2, 0.25) is 0 Å². The number of piperazine rings is 2. The Balaban J connectivity index is 1.98. The SMILES string of the molecule is CCC(C)(C)NC(=O)CN1CC2CNCCN2C(=O)C1=O. The predicted molar refractivity (Wildman–Crippen MR) is 77.5 cm³/mol. The second-order valence-electron chi connectivity index (χ2n) is 6.33. The summed E-state index contributed by atoms with van der Waals surface area (Å²) >= 11 is 0. The number of fused-ring (bicyclic) bond motifs is 1. The van der Waals surface area contributed by atoms with Crippen LogP contribution < -0.4 is 10.6 Å². The molecule has 0 bridgehead atoms. The molecule has 3 amide bonds. The van der Waals surface area contributed by atoms with E-state index in [1.807, 2.05) is 20.8 Å².